The zero-order valence-electron chi connectivity index (χ0n) is 21.9. The number of hydrogen-bond donors (Lipinski definition) is 1. The average Bonchev–Trinajstić information content (AvgIpc) is 3.34. The molecule has 0 unspecified atom stereocenters. The monoisotopic (exact) mass is 522 g/mol. The first-order chi connectivity index (χ1) is 18.5. The van der Waals surface area contributed by atoms with Crippen molar-refractivity contribution in [2.24, 2.45) is 11.0 Å². The van der Waals surface area contributed by atoms with E-state index in [2.05, 4.69) is 17.5 Å². The first kappa shape index (κ1) is 27.1. The van der Waals surface area contributed by atoms with Gasteiger partial charge in [-0.3, -0.25) is 14.4 Å². The fourth-order valence-corrected chi connectivity index (χ4v) is 4.34. The van der Waals surface area contributed by atoms with E-state index in [0.29, 0.717) is 56.5 Å². The summed E-state index contributed by atoms with van der Waals surface area (Å²) in [6.45, 7) is 6.74. The van der Waals surface area contributed by atoms with E-state index in [1.165, 1.54) is 11.8 Å². The van der Waals surface area contributed by atoms with Crippen molar-refractivity contribution < 1.29 is 28.6 Å². The SMILES string of the molecule is CCOc1cc(/C=N/NC(=O)[C@@H]2CC(=O)N(c3ccc(CC)cc3)C2)ccc1OCC(=O)N1CCOCC1. The number of amides is 3. The summed E-state index contributed by atoms with van der Waals surface area (Å²) in [6, 6.07) is 13.0. The molecule has 0 bridgehead atoms. The fourth-order valence-electron chi connectivity index (χ4n) is 4.34. The lowest BCUT2D eigenvalue weighted by Gasteiger charge is -2.26. The van der Waals surface area contributed by atoms with Crippen LogP contribution < -0.4 is 19.8 Å². The molecule has 2 aliphatic heterocycles. The summed E-state index contributed by atoms with van der Waals surface area (Å²) in [5, 5.41) is 4.07. The Morgan fingerprint density at radius 3 is 2.55 bits per heavy atom. The summed E-state index contributed by atoms with van der Waals surface area (Å²) in [7, 11) is 0. The summed E-state index contributed by atoms with van der Waals surface area (Å²) >= 11 is 0. The average molecular weight is 523 g/mol. The number of nitrogens with one attached hydrogen (secondary N) is 1. The number of anilines is 1. The second-order valence-corrected chi connectivity index (χ2v) is 9.08. The van der Waals surface area contributed by atoms with Gasteiger partial charge in [0.1, 0.15) is 0 Å². The lowest BCUT2D eigenvalue weighted by molar-refractivity contribution is -0.137. The van der Waals surface area contributed by atoms with Crippen molar-refractivity contribution in [3.05, 3.63) is 53.6 Å². The first-order valence-corrected chi connectivity index (χ1v) is 13.0. The Labute approximate surface area is 222 Å². The quantitative estimate of drug-likeness (QED) is 0.379. The van der Waals surface area contributed by atoms with Crippen molar-refractivity contribution >= 4 is 29.6 Å². The second-order valence-electron chi connectivity index (χ2n) is 9.08. The van der Waals surface area contributed by atoms with Gasteiger partial charge >= 0.3 is 0 Å². The molecule has 1 atom stereocenters. The van der Waals surface area contributed by atoms with E-state index in [1.54, 1.807) is 28.0 Å². The minimum Gasteiger partial charge on any atom is -0.490 e. The normalized spacial score (nSPS) is 17.6. The van der Waals surface area contributed by atoms with Crippen molar-refractivity contribution in [3.8, 4) is 11.5 Å². The first-order valence-electron chi connectivity index (χ1n) is 13.0. The van der Waals surface area contributed by atoms with Crippen LogP contribution in [0.15, 0.2) is 47.6 Å². The number of ether oxygens (including phenoxy) is 3. The number of benzene rings is 2. The van der Waals surface area contributed by atoms with E-state index in [0.717, 1.165) is 12.1 Å². The van der Waals surface area contributed by atoms with Gasteiger partial charge in [-0.05, 0) is 54.8 Å². The zero-order chi connectivity index (χ0) is 26.9. The highest BCUT2D eigenvalue weighted by Gasteiger charge is 2.35. The molecule has 0 radical (unpaired) electrons. The van der Waals surface area contributed by atoms with Crippen molar-refractivity contribution in [1.82, 2.24) is 10.3 Å². The van der Waals surface area contributed by atoms with E-state index >= 15 is 0 Å². The molecule has 4 rings (SSSR count). The second kappa shape index (κ2) is 13.0. The maximum atomic E-state index is 12.7. The van der Waals surface area contributed by atoms with Crippen molar-refractivity contribution in [2.45, 2.75) is 26.7 Å². The van der Waals surface area contributed by atoms with Crippen LogP contribution in [0, 0.1) is 5.92 Å². The highest BCUT2D eigenvalue weighted by atomic mass is 16.5. The Kier molecular flexibility index (Phi) is 9.31. The van der Waals surface area contributed by atoms with E-state index < -0.39 is 5.92 Å². The maximum Gasteiger partial charge on any atom is 0.260 e. The molecule has 2 fully saturated rings. The van der Waals surface area contributed by atoms with Crippen LogP contribution in [0.25, 0.3) is 0 Å². The summed E-state index contributed by atoms with van der Waals surface area (Å²) < 4.78 is 16.7. The van der Waals surface area contributed by atoms with Gasteiger partial charge in [0, 0.05) is 31.7 Å². The molecule has 0 spiro atoms. The van der Waals surface area contributed by atoms with Gasteiger partial charge in [-0.15, -0.1) is 0 Å². The van der Waals surface area contributed by atoms with Crippen LogP contribution in [0.5, 0.6) is 11.5 Å². The molecule has 38 heavy (non-hydrogen) atoms. The van der Waals surface area contributed by atoms with Gasteiger partial charge in [0.2, 0.25) is 11.8 Å². The van der Waals surface area contributed by atoms with Crippen LogP contribution in [0.3, 0.4) is 0 Å². The predicted molar refractivity (Wildman–Crippen MR) is 143 cm³/mol. The fraction of sp³-hybridized carbons (Fsp3) is 0.429. The molecule has 10 nitrogen and oxygen atoms in total. The molecule has 2 aliphatic rings. The van der Waals surface area contributed by atoms with Crippen molar-refractivity contribution in [3.63, 3.8) is 0 Å². The Morgan fingerprint density at radius 2 is 1.84 bits per heavy atom. The largest absolute Gasteiger partial charge is 0.490 e. The molecule has 0 aliphatic carbocycles. The van der Waals surface area contributed by atoms with Gasteiger partial charge in [-0.2, -0.15) is 5.10 Å². The van der Waals surface area contributed by atoms with Crippen LogP contribution in [0.2, 0.25) is 0 Å². The molecule has 0 saturated carbocycles. The predicted octanol–water partition coefficient (Wildman–Crippen LogP) is 2.39. The molecule has 2 saturated heterocycles. The number of carbonyl (C=O) groups excluding carboxylic acids is 3. The highest BCUT2D eigenvalue weighted by Crippen LogP contribution is 2.28. The number of carbonyl (C=O) groups is 3. The lowest BCUT2D eigenvalue weighted by atomic mass is 10.1. The Bertz CT molecular complexity index is 1160. The van der Waals surface area contributed by atoms with Crippen LogP contribution in [0.1, 0.15) is 31.4 Å². The van der Waals surface area contributed by atoms with Gasteiger partial charge in [-0.25, -0.2) is 5.43 Å². The van der Waals surface area contributed by atoms with E-state index in [4.69, 9.17) is 14.2 Å². The topological polar surface area (TPSA) is 110 Å². The minimum absolute atomic E-state index is 0.0811. The third kappa shape index (κ3) is 6.89. The summed E-state index contributed by atoms with van der Waals surface area (Å²) in [5.74, 6) is -0.0542. The molecular weight excluding hydrogens is 488 g/mol. The van der Waals surface area contributed by atoms with Crippen LogP contribution >= 0.6 is 0 Å². The van der Waals surface area contributed by atoms with Gasteiger partial charge < -0.3 is 24.0 Å². The smallest absolute Gasteiger partial charge is 0.260 e. The van der Waals surface area contributed by atoms with E-state index in [1.807, 2.05) is 31.2 Å². The third-order valence-electron chi connectivity index (χ3n) is 6.52. The Hall–Kier alpha value is -3.92. The molecule has 1 N–H and O–H groups in total. The molecular formula is C28H34N4O6. The molecule has 2 aromatic rings. The Balaban J connectivity index is 1.31. The van der Waals surface area contributed by atoms with Crippen molar-refractivity contribution in [2.75, 3.05) is 51.0 Å². The molecule has 0 aromatic heterocycles. The number of rotatable bonds is 10. The van der Waals surface area contributed by atoms with Crippen LogP contribution in [0.4, 0.5) is 5.69 Å². The highest BCUT2D eigenvalue weighted by molar-refractivity contribution is 6.00. The van der Waals surface area contributed by atoms with Crippen molar-refractivity contribution in [1.29, 1.82) is 0 Å². The molecule has 3 amide bonds. The molecule has 10 heteroatoms. The van der Waals surface area contributed by atoms with E-state index in [-0.39, 0.29) is 30.7 Å². The minimum atomic E-state index is -0.482. The zero-order valence-corrected chi connectivity index (χ0v) is 21.9. The lowest BCUT2D eigenvalue weighted by Crippen LogP contribution is -2.43. The Morgan fingerprint density at radius 1 is 1.08 bits per heavy atom. The molecule has 2 heterocycles. The van der Waals surface area contributed by atoms with Crippen LogP contribution in [-0.2, 0) is 25.5 Å². The van der Waals surface area contributed by atoms with Gasteiger partial charge in [-0.1, -0.05) is 19.1 Å². The van der Waals surface area contributed by atoms with Gasteiger partial charge in [0.05, 0.1) is 32.0 Å². The van der Waals surface area contributed by atoms with Gasteiger partial charge in [0.15, 0.2) is 18.1 Å². The molecule has 202 valence electrons. The molecule has 2 aromatic carbocycles. The number of hydrazone groups is 1. The van der Waals surface area contributed by atoms with E-state index in [9.17, 15) is 14.4 Å². The van der Waals surface area contributed by atoms with Gasteiger partial charge in [0.25, 0.3) is 5.91 Å². The van der Waals surface area contributed by atoms with Crippen LogP contribution in [-0.4, -0.2) is 74.9 Å². The summed E-state index contributed by atoms with van der Waals surface area (Å²) in [6.07, 6.45) is 2.56. The summed E-state index contributed by atoms with van der Waals surface area (Å²) in [4.78, 5) is 40.9. The number of hydrogen-bond acceptors (Lipinski definition) is 7. The standard InChI is InChI=1S/C28H34N4O6/c1-3-20-5-8-23(9-6-20)32-18-22(16-26(32)33)28(35)30-29-17-21-7-10-24(25(15-21)37-4-2)38-19-27(34)31-11-13-36-14-12-31/h5-10,15,17,22H,3-4,11-14,16,18-19H2,1-2H3,(H,30,35)/b29-17+/t22-/m1/s1. The maximum absolute atomic E-state index is 12.7. The number of morpholine rings is 1. The number of nitrogens with zero attached hydrogens (tertiary/aromatic N) is 3. The number of aryl methyl sites for hydroxylation is 1. The third-order valence-corrected chi connectivity index (χ3v) is 6.52. The summed E-state index contributed by atoms with van der Waals surface area (Å²) in [5.41, 5.74) is 5.21.